The molecular weight excluding hydrogens is 329 g/mol. The predicted octanol–water partition coefficient (Wildman–Crippen LogP) is 4.41. The van der Waals surface area contributed by atoms with E-state index in [1.54, 1.807) is 23.9 Å². The van der Waals surface area contributed by atoms with E-state index in [0.29, 0.717) is 16.5 Å². The summed E-state index contributed by atoms with van der Waals surface area (Å²) in [6.45, 7) is 3.40. The molecule has 1 N–H and O–H groups in total. The van der Waals surface area contributed by atoms with E-state index < -0.39 is 11.5 Å². The van der Waals surface area contributed by atoms with E-state index in [4.69, 9.17) is 23.2 Å². The minimum atomic E-state index is -0.739. The zero-order valence-electron chi connectivity index (χ0n) is 11.9. The van der Waals surface area contributed by atoms with E-state index in [2.05, 4.69) is 4.90 Å². The highest BCUT2D eigenvalue weighted by molar-refractivity contribution is 7.99. The number of carboxylic acid groups (broad SMARTS) is 1. The molecule has 0 spiro atoms. The lowest BCUT2D eigenvalue weighted by Crippen LogP contribution is -2.55. The van der Waals surface area contributed by atoms with Crippen molar-refractivity contribution in [2.24, 2.45) is 0 Å². The lowest BCUT2D eigenvalue weighted by atomic mass is 9.88. The number of carbonyl (C=O) groups is 1. The second-order valence-electron chi connectivity index (χ2n) is 5.45. The van der Waals surface area contributed by atoms with Gasteiger partial charge in [0.2, 0.25) is 0 Å². The molecule has 21 heavy (non-hydrogen) atoms. The van der Waals surface area contributed by atoms with Crippen LogP contribution in [-0.4, -0.2) is 40.4 Å². The molecule has 2 rings (SSSR count). The minimum Gasteiger partial charge on any atom is -0.480 e. The van der Waals surface area contributed by atoms with Crippen LogP contribution in [0.5, 0.6) is 0 Å². The quantitative estimate of drug-likeness (QED) is 0.800. The molecule has 0 aliphatic carbocycles. The van der Waals surface area contributed by atoms with Crippen LogP contribution in [0.15, 0.2) is 23.1 Å². The summed E-state index contributed by atoms with van der Waals surface area (Å²) in [5.41, 5.74) is -0.739. The highest BCUT2D eigenvalue weighted by Crippen LogP contribution is 2.32. The van der Waals surface area contributed by atoms with Gasteiger partial charge >= 0.3 is 5.97 Å². The summed E-state index contributed by atoms with van der Waals surface area (Å²) in [5.74, 6) is 0.0659. The Morgan fingerprint density at radius 2 is 2.19 bits per heavy atom. The Balaban J connectivity index is 1.95. The maximum Gasteiger partial charge on any atom is 0.323 e. The number of carboxylic acids is 1. The van der Waals surface area contributed by atoms with Crippen molar-refractivity contribution in [3.63, 3.8) is 0 Å². The third kappa shape index (κ3) is 4.07. The number of piperidine rings is 1. The zero-order valence-corrected chi connectivity index (χ0v) is 14.3. The van der Waals surface area contributed by atoms with E-state index in [0.717, 1.165) is 36.6 Å². The molecule has 0 saturated carbocycles. The number of rotatable bonds is 5. The third-order valence-electron chi connectivity index (χ3n) is 4.01. The average molecular weight is 348 g/mol. The smallest absolute Gasteiger partial charge is 0.323 e. The first-order chi connectivity index (χ1) is 9.93. The summed E-state index contributed by atoms with van der Waals surface area (Å²) in [5, 5.41) is 10.8. The molecule has 1 aliphatic heterocycles. The Kier molecular flexibility index (Phi) is 5.83. The van der Waals surface area contributed by atoms with Crippen molar-refractivity contribution >= 4 is 40.9 Å². The standard InChI is InChI=1S/C15H19Cl2NO2S/c1-15(14(19)20)6-2-3-7-18(15)8-9-21-13-10-11(16)4-5-12(13)17/h4-5,10H,2-3,6-9H2,1H3,(H,19,20). The minimum absolute atomic E-state index is 0.662. The van der Waals surface area contributed by atoms with E-state index in [-0.39, 0.29) is 0 Å². The van der Waals surface area contributed by atoms with Crippen molar-refractivity contribution in [3.8, 4) is 0 Å². The molecule has 0 radical (unpaired) electrons. The monoisotopic (exact) mass is 347 g/mol. The molecule has 3 nitrogen and oxygen atoms in total. The van der Waals surface area contributed by atoms with Gasteiger partial charge in [0.1, 0.15) is 5.54 Å². The molecule has 1 aliphatic rings. The summed E-state index contributed by atoms with van der Waals surface area (Å²) in [4.78, 5) is 14.5. The number of thioether (sulfide) groups is 1. The third-order valence-corrected chi connectivity index (χ3v) is 5.72. The second-order valence-corrected chi connectivity index (χ2v) is 7.43. The maximum atomic E-state index is 11.5. The largest absolute Gasteiger partial charge is 0.480 e. The second kappa shape index (κ2) is 7.23. The van der Waals surface area contributed by atoms with Crippen LogP contribution in [0.4, 0.5) is 0 Å². The van der Waals surface area contributed by atoms with Gasteiger partial charge in [-0.1, -0.05) is 23.2 Å². The van der Waals surface area contributed by atoms with Crippen molar-refractivity contribution in [2.45, 2.75) is 36.6 Å². The van der Waals surface area contributed by atoms with E-state index in [1.165, 1.54) is 0 Å². The normalized spacial score (nSPS) is 23.2. The van der Waals surface area contributed by atoms with Crippen LogP contribution in [0.25, 0.3) is 0 Å². The van der Waals surface area contributed by atoms with Crippen LogP contribution in [0.2, 0.25) is 10.0 Å². The molecule has 1 fully saturated rings. The van der Waals surface area contributed by atoms with E-state index in [9.17, 15) is 9.90 Å². The molecule has 1 aromatic carbocycles. The molecule has 0 bridgehead atoms. The molecule has 1 unspecified atom stereocenters. The Labute approximate surface area is 139 Å². The van der Waals surface area contributed by atoms with Gasteiger partial charge in [-0.25, -0.2) is 0 Å². The van der Waals surface area contributed by atoms with Gasteiger partial charge in [-0.15, -0.1) is 11.8 Å². The van der Waals surface area contributed by atoms with E-state index in [1.807, 2.05) is 13.0 Å². The van der Waals surface area contributed by atoms with Gasteiger partial charge in [-0.05, 0) is 50.9 Å². The number of hydrogen-bond donors (Lipinski definition) is 1. The molecule has 0 aromatic heterocycles. The van der Waals surface area contributed by atoms with Crippen molar-refractivity contribution in [1.82, 2.24) is 4.90 Å². The molecular formula is C15H19Cl2NO2S. The van der Waals surface area contributed by atoms with Gasteiger partial charge in [0.25, 0.3) is 0 Å². The number of aliphatic carboxylic acids is 1. The lowest BCUT2D eigenvalue weighted by Gasteiger charge is -2.41. The van der Waals surface area contributed by atoms with Crippen molar-refractivity contribution < 1.29 is 9.90 Å². The highest BCUT2D eigenvalue weighted by Gasteiger charge is 2.40. The summed E-state index contributed by atoms with van der Waals surface area (Å²) in [6, 6.07) is 5.40. The Bertz CT molecular complexity index is 526. The van der Waals surface area contributed by atoms with Gasteiger partial charge in [0.15, 0.2) is 0 Å². The fourth-order valence-corrected chi connectivity index (χ4v) is 4.10. The molecule has 1 saturated heterocycles. The van der Waals surface area contributed by atoms with Crippen LogP contribution in [0.1, 0.15) is 26.2 Å². The zero-order chi connectivity index (χ0) is 15.5. The molecule has 6 heteroatoms. The summed E-state index contributed by atoms with van der Waals surface area (Å²) >= 11 is 13.7. The van der Waals surface area contributed by atoms with Crippen LogP contribution < -0.4 is 0 Å². The fraction of sp³-hybridized carbons (Fsp3) is 0.533. The van der Waals surface area contributed by atoms with Gasteiger partial charge < -0.3 is 5.11 Å². The van der Waals surface area contributed by atoms with Crippen LogP contribution in [-0.2, 0) is 4.79 Å². The first kappa shape index (κ1) is 16.9. The number of hydrogen-bond acceptors (Lipinski definition) is 3. The Morgan fingerprint density at radius 1 is 1.43 bits per heavy atom. The van der Waals surface area contributed by atoms with Gasteiger partial charge in [-0.2, -0.15) is 0 Å². The number of likely N-dealkylation sites (tertiary alicyclic amines) is 1. The molecule has 0 amide bonds. The van der Waals surface area contributed by atoms with Gasteiger partial charge in [0, 0.05) is 22.2 Å². The van der Waals surface area contributed by atoms with Crippen LogP contribution >= 0.6 is 35.0 Å². The molecule has 1 aromatic rings. The first-order valence-electron chi connectivity index (χ1n) is 7.00. The van der Waals surface area contributed by atoms with Gasteiger partial charge in [-0.3, -0.25) is 9.69 Å². The molecule has 1 atom stereocenters. The summed E-state index contributed by atoms with van der Waals surface area (Å²) < 4.78 is 0. The van der Waals surface area contributed by atoms with Gasteiger partial charge in [0.05, 0.1) is 5.02 Å². The predicted molar refractivity (Wildman–Crippen MR) is 88.7 cm³/mol. The average Bonchev–Trinajstić information content (AvgIpc) is 2.44. The van der Waals surface area contributed by atoms with Crippen LogP contribution in [0.3, 0.4) is 0 Å². The Hall–Kier alpha value is -0.420. The number of benzene rings is 1. The van der Waals surface area contributed by atoms with Crippen LogP contribution in [0, 0.1) is 0 Å². The topological polar surface area (TPSA) is 40.5 Å². The van der Waals surface area contributed by atoms with Crippen molar-refractivity contribution in [3.05, 3.63) is 28.2 Å². The first-order valence-corrected chi connectivity index (χ1v) is 8.74. The lowest BCUT2D eigenvalue weighted by molar-refractivity contribution is -0.152. The Morgan fingerprint density at radius 3 is 2.90 bits per heavy atom. The molecule has 116 valence electrons. The maximum absolute atomic E-state index is 11.5. The number of halogens is 2. The number of nitrogens with zero attached hydrogens (tertiary/aromatic N) is 1. The van der Waals surface area contributed by atoms with E-state index >= 15 is 0 Å². The SMILES string of the molecule is CC1(C(=O)O)CCCCN1CCSc1cc(Cl)ccc1Cl. The highest BCUT2D eigenvalue weighted by atomic mass is 35.5. The van der Waals surface area contributed by atoms with Crippen molar-refractivity contribution in [1.29, 1.82) is 0 Å². The fourth-order valence-electron chi connectivity index (χ4n) is 2.63. The summed E-state index contributed by atoms with van der Waals surface area (Å²) in [6.07, 6.45) is 2.75. The van der Waals surface area contributed by atoms with Crippen molar-refractivity contribution in [2.75, 3.05) is 18.8 Å². The summed E-state index contributed by atoms with van der Waals surface area (Å²) in [7, 11) is 0. The molecule has 1 heterocycles.